The Morgan fingerprint density at radius 1 is 1.22 bits per heavy atom. The molecule has 0 aromatic rings. The van der Waals surface area contributed by atoms with Gasteiger partial charge in [0.25, 0.3) is 0 Å². The number of rotatable bonds is 1. The summed E-state index contributed by atoms with van der Waals surface area (Å²) < 4.78 is 24.7. The predicted octanol–water partition coefficient (Wildman–Crippen LogP) is 1.49. The predicted molar refractivity (Wildman–Crippen MR) is 91.7 cm³/mol. The molecule has 0 aromatic heterocycles. The van der Waals surface area contributed by atoms with Gasteiger partial charge in [0.2, 0.25) is 0 Å². The summed E-state index contributed by atoms with van der Waals surface area (Å²) >= 11 is 0. The Hall–Kier alpha value is -0.950. The summed E-state index contributed by atoms with van der Waals surface area (Å²) in [5, 5.41) is 12.1. The van der Waals surface area contributed by atoms with Crippen LogP contribution in [0.3, 0.4) is 0 Å². The minimum Gasteiger partial charge on any atom is -0.458 e. The van der Waals surface area contributed by atoms with Gasteiger partial charge in [-0.05, 0) is 31.1 Å². The van der Waals surface area contributed by atoms with Gasteiger partial charge in [0, 0.05) is 23.0 Å². The average molecular weight is 374 g/mol. The Kier molecular flexibility index (Phi) is 2.37. The van der Waals surface area contributed by atoms with E-state index in [9.17, 15) is 9.90 Å². The number of hydrogen-bond acceptors (Lipinski definition) is 6. The van der Waals surface area contributed by atoms with E-state index in [-0.39, 0.29) is 30.4 Å². The van der Waals surface area contributed by atoms with Crippen LogP contribution >= 0.6 is 0 Å². The molecule has 6 nitrogen and oxygen atoms in total. The second-order valence-electron chi connectivity index (χ2n) is 10.4. The van der Waals surface area contributed by atoms with E-state index in [1.54, 1.807) is 0 Å². The molecule has 8 atom stereocenters. The topological polar surface area (TPSA) is 80.8 Å². The van der Waals surface area contributed by atoms with E-state index in [1.807, 2.05) is 0 Å². The van der Waals surface area contributed by atoms with Gasteiger partial charge in [0.15, 0.2) is 0 Å². The van der Waals surface area contributed by atoms with Crippen molar-refractivity contribution in [3.8, 4) is 0 Å². The standard InChI is InChI=1S/C21H26O6/c1-10(2)12-6-14-21(27-14)17(3)5-4-11-13(8-24-16(11)22)20(17,23)15-7-19(21,26-15)18(12)9-25-18/h10,12,14-15,23H,4-9H2,1-3H3/t12-,14-,15?,17-,18-,19+,20-,21+/m0/s1. The SMILES string of the molecule is CC(C)[C@@H]1C[C@@H]2O[C@@]23[C@@]2(C)CCC4=C(COC4=O)[C@]2(O)C2C[C@@]3(O2)[C@]12CO2. The first-order valence-corrected chi connectivity index (χ1v) is 10.4. The molecule has 5 aliphatic heterocycles. The highest BCUT2D eigenvalue weighted by Crippen LogP contribution is 2.83. The molecule has 6 heteroatoms. The van der Waals surface area contributed by atoms with Crippen LogP contribution in [0.5, 0.6) is 0 Å². The molecule has 0 radical (unpaired) electrons. The van der Waals surface area contributed by atoms with Gasteiger partial charge >= 0.3 is 5.97 Å². The lowest BCUT2D eigenvalue weighted by Crippen LogP contribution is -2.88. The van der Waals surface area contributed by atoms with Gasteiger partial charge in [0.05, 0.1) is 18.8 Å². The zero-order valence-corrected chi connectivity index (χ0v) is 16.0. The third kappa shape index (κ3) is 1.23. The van der Waals surface area contributed by atoms with Crippen molar-refractivity contribution >= 4 is 5.97 Å². The molecule has 8 rings (SSSR count). The Morgan fingerprint density at radius 2 is 1.96 bits per heavy atom. The van der Waals surface area contributed by atoms with E-state index in [1.165, 1.54) is 0 Å². The van der Waals surface area contributed by atoms with Crippen LogP contribution in [-0.4, -0.2) is 58.9 Å². The number of aliphatic hydroxyl groups is 1. The fourth-order valence-corrected chi connectivity index (χ4v) is 8.25. The van der Waals surface area contributed by atoms with Crippen molar-refractivity contribution in [2.75, 3.05) is 13.2 Å². The maximum Gasteiger partial charge on any atom is 0.334 e. The van der Waals surface area contributed by atoms with Gasteiger partial charge < -0.3 is 24.1 Å². The number of hydrogen-bond donors (Lipinski definition) is 1. The maximum atomic E-state index is 12.2. The van der Waals surface area contributed by atoms with Crippen molar-refractivity contribution in [1.29, 1.82) is 0 Å². The van der Waals surface area contributed by atoms with Gasteiger partial charge in [-0.25, -0.2) is 4.79 Å². The summed E-state index contributed by atoms with van der Waals surface area (Å²) in [5.74, 6) is 0.651. The molecule has 3 aliphatic carbocycles. The summed E-state index contributed by atoms with van der Waals surface area (Å²) in [4.78, 5) is 12.2. The molecule has 146 valence electrons. The summed E-state index contributed by atoms with van der Waals surface area (Å²) in [6.07, 6.45) is 2.85. The highest BCUT2D eigenvalue weighted by molar-refractivity contribution is 5.93. The number of carbonyl (C=O) groups is 1. The third-order valence-corrected chi connectivity index (χ3v) is 9.57. The van der Waals surface area contributed by atoms with Gasteiger partial charge in [-0.1, -0.05) is 20.8 Å². The van der Waals surface area contributed by atoms with E-state index >= 15 is 0 Å². The number of ether oxygens (including phenoxy) is 4. The van der Waals surface area contributed by atoms with E-state index in [2.05, 4.69) is 20.8 Å². The van der Waals surface area contributed by atoms with Crippen molar-refractivity contribution in [2.45, 2.75) is 81.1 Å². The first kappa shape index (κ1) is 15.9. The summed E-state index contributed by atoms with van der Waals surface area (Å²) in [7, 11) is 0. The van der Waals surface area contributed by atoms with Gasteiger partial charge in [0.1, 0.15) is 29.0 Å². The van der Waals surface area contributed by atoms with Crippen LogP contribution in [0.15, 0.2) is 11.1 Å². The molecule has 3 spiro atoms. The quantitative estimate of drug-likeness (QED) is 0.553. The van der Waals surface area contributed by atoms with Crippen molar-refractivity contribution < 1.29 is 28.8 Å². The molecule has 27 heavy (non-hydrogen) atoms. The van der Waals surface area contributed by atoms with Gasteiger partial charge in [-0.15, -0.1) is 0 Å². The Bertz CT molecular complexity index is 836. The van der Waals surface area contributed by atoms with Gasteiger partial charge in [-0.2, -0.15) is 0 Å². The van der Waals surface area contributed by atoms with Crippen LogP contribution in [0, 0.1) is 17.3 Å². The molecular weight excluding hydrogens is 348 g/mol. The first-order valence-electron chi connectivity index (χ1n) is 10.4. The molecule has 0 amide bonds. The fraction of sp³-hybridized carbons (Fsp3) is 0.857. The highest BCUT2D eigenvalue weighted by Gasteiger charge is 2.98. The zero-order chi connectivity index (χ0) is 18.6. The lowest BCUT2D eigenvalue weighted by atomic mass is 9.38. The Balaban J connectivity index is 1.43. The van der Waals surface area contributed by atoms with Crippen LogP contribution in [-0.2, 0) is 23.7 Å². The monoisotopic (exact) mass is 374 g/mol. The maximum absolute atomic E-state index is 12.2. The molecule has 8 aliphatic rings. The molecule has 2 bridgehead atoms. The zero-order valence-electron chi connectivity index (χ0n) is 16.0. The molecule has 1 unspecified atom stereocenters. The second-order valence-corrected chi connectivity index (χ2v) is 10.4. The molecule has 6 fully saturated rings. The third-order valence-electron chi connectivity index (χ3n) is 9.57. The van der Waals surface area contributed by atoms with Crippen LogP contribution in [0.2, 0.25) is 0 Å². The second kappa shape index (κ2) is 4.02. The highest BCUT2D eigenvalue weighted by atomic mass is 16.7. The lowest BCUT2D eigenvalue weighted by Gasteiger charge is -2.73. The number of epoxide rings is 2. The van der Waals surface area contributed by atoms with Crippen LogP contribution < -0.4 is 0 Å². The number of cyclic esters (lactones) is 1. The number of carbonyl (C=O) groups excluding carboxylic acids is 1. The Labute approximate surface area is 158 Å². The van der Waals surface area contributed by atoms with Crippen LogP contribution in [0.1, 0.15) is 46.5 Å². The smallest absolute Gasteiger partial charge is 0.334 e. The summed E-state index contributed by atoms with van der Waals surface area (Å²) in [5.41, 5.74) is -1.50. The first-order chi connectivity index (χ1) is 12.8. The lowest BCUT2D eigenvalue weighted by molar-refractivity contribution is -0.400. The largest absolute Gasteiger partial charge is 0.458 e. The Morgan fingerprint density at radius 3 is 2.63 bits per heavy atom. The van der Waals surface area contributed by atoms with Crippen LogP contribution in [0.4, 0.5) is 0 Å². The minimum atomic E-state index is -1.19. The molecular formula is C21H26O6. The summed E-state index contributed by atoms with van der Waals surface area (Å²) in [6, 6.07) is 0. The number of esters is 1. The minimum absolute atomic E-state index is 0.0951. The van der Waals surface area contributed by atoms with E-state index in [0.29, 0.717) is 23.8 Å². The fourth-order valence-electron chi connectivity index (χ4n) is 8.25. The van der Waals surface area contributed by atoms with Crippen LogP contribution in [0.25, 0.3) is 0 Å². The molecule has 0 aromatic carbocycles. The van der Waals surface area contributed by atoms with Crippen molar-refractivity contribution in [2.24, 2.45) is 17.3 Å². The molecule has 2 saturated carbocycles. The van der Waals surface area contributed by atoms with Crippen molar-refractivity contribution in [3.63, 3.8) is 0 Å². The normalized spacial score (nSPS) is 61.7. The molecule has 4 saturated heterocycles. The average Bonchev–Trinajstić information content (AvgIpc) is 3.47. The van der Waals surface area contributed by atoms with E-state index in [0.717, 1.165) is 31.4 Å². The van der Waals surface area contributed by atoms with E-state index in [4.69, 9.17) is 18.9 Å². The molecule has 5 heterocycles. The molecule has 1 N–H and O–H groups in total. The van der Waals surface area contributed by atoms with Gasteiger partial charge in [-0.3, -0.25) is 0 Å². The van der Waals surface area contributed by atoms with E-state index < -0.39 is 22.2 Å². The summed E-state index contributed by atoms with van der Waals surface area (Å²) in [6.45, 7) is 7.59. The van der Waals surface area contributed by atoms with Crippen molar-refractivity contribution in [1.82, 2.24) is 0 Å². The van der Waals surface area contributed by atoms with Crippen molar-refractivity contribution in [3.05, 3.63) is 11.1 Å².